The Labute approximate surface area is 380 Å². The number of methoxy groups -OCH3 is 1. The molecule has 4 heterocycles. The average Bonchev–Trinajstić information content (AvgIpc) is 3.66. The Morgan fingerprint density at radius 3 is 2.31 bits per heavy atom. The molecule has 10 rings (SSSR count). The lowest BCUT2D eigenvalue weighted by Gasteiger charge is -2.36. The highest BCUT2D eigenvalue weighted by Gasteiger charge is 2.58. The number of rotatable bonds is 23. The minimum absolute atomic E-state index is 0.133. The Hall–Kier alpha value is -4.68. The predicted octanol–water partition coefficient (Wildman–Crippen LogP) is 8.83. The molecule has 0 spiro atoms. The van der Waals surface area contributed by atoms with E-state index in [2.05, 4.69) is 48.2 Å². The highest BCUT2D eigenvalue weighted by molar-refractivity contribution is 5.81. The molecule has 4 saturated carbocycles. The van der Waals surface area contributed by atoms with Gasteiger partial charge in [-0.25, -0.2) is 4.98 Å². The minimum Gasteiger partial charge on any atom is -0.494 e. The number of hydrogen-bond donors (Lipinski definition) is 4. The van der Waals surface area contributed by atoms with Gasteiger partial charge in [-0.1, -0.05) is 57.4 Å². The first-order chi connectivity index (χ1) is 31.3. The van der Waals surface area contributed by atoms with Gasteiger partial charge in [0.05, 0.1) is 18.5 Å². The van der Waals surface area contributed by atoms with E-state index in [1.54, 1.807) is 23.9 Å². The highest BCUT2D eigenvalue weighted by Crippen LogP contribution is 2.66. The van der Waals surface area contributed by atoms with Crippen molar-refractivity contribution >= 4 is 40.0 Å². The fraction of sp³-hybridized carbons (Fsp3) is 0.615. The van der Waals surface area contributed by atoms with E-state index < -0.39 is 0 Å². The Morgan fingerprint density at radius 2 is 1.59 bits per heavy atom. The number of hydrogen-bond acceptors (Lipinski definition) is 10. The van der Waals surface area contributed by atoms with E-state index in [4.69, 9.17) is 9.72 Å². The molecule has 1 amide bonds. The highest BCUT2D eigenvalue weighted by atomic mass is 16.5. The standard InChI is InChI=1S/C52H73N9O3/c1-37-24-49(63)61(44-15-13-14-42(28-44)55-35-40-33-53-34-40)50-45(37)36-56-51(58-50)57-46-17-16-43(29-47(46)64-2)60-22-20-59(21-23-60)19-12-10-8-6-4-3-5-7-9-11-18-54-48(62)32-52-30-38-25-39(31-52)27-41(52)26-38/h13-17,24,28-29,36,38-41,53,55H,3-12,18-23,25-27,30-35H2,1-2H3,(H,54,62)(H,56,57,58). The quantitative estimate of drug-likeness (QED) is 0.0537. The second kappa shape index (κ2) is 20.7. The molecule has 2 aromatic heterocycles. The molecule has 2 unspecified atom stereocenters. The van der Waals surface area contributed by atoms with Crippen LogP contribution in [-0.2, 0) is 4.79 Å². The molecule has 4 aliphatic carbocycles. The average molecular weight is 872 g/mol. The molecule has 4 aromatic rings. The summed E-state index contributed by atoms with van der Waals surface area (Å²) in [7, 11) is 1.69. The van der Waals surface area contributed by atoms with Gasteiger partial charge in [0.1, 0.15) is 5.75 Å². The van der Waals surface area contributed by atoms with Crippen LogP contribution >= 0.6 is 0 Å². The number of carbonyl (C=O) groups is 1. The van der Waals surface area contributed by atoms with Crippen LogP contribution in [0.25, 0.3) is 16.7 Å². The van der Waals surface area contributed by atoms with Crippen LogP contribution in [-0.4, -0.2) is 91.4 Å². The number of ether oxygens (including phenoxy) is 1. The molecular weight excluding hydrogens is 799 g/mol. The predicted molar refractivity (Wildman–Crippen MR) is 259 cm³/mol. The second-order valence-electron chi connectivity index (χ2n) is 20.2. The molecule has 2 aliphatic heterocycles. The zero-order valence-corrected chi connectivity index (χ0v) is 38.6. The Morgan fingerprint density at radius 1 is 0.859 bits per heavy atom. The van der Waals surface area contributed by atoms with E-state index in [-0.39, 0.29) is 5.56 Å². The number of fused-ring (bicyclic) bond motifs is 1. The largest absolute Gasteiger partial charge is 0.494 e. The summed E-state index contributed by atoms with van der Waals surface area (Å²) in [6.07, 6.45) is 22.5. The van der Waals surface area contributed by atoms with Gasteiger partial charge < -0.3 is 30.9 Å². The van der Waals surface area contributed by atoms with Crippen LogP contribution in [0.1, 0.15) is 108 Å². The molecule has 2 saturated heterocycles. The van der Waals surface area contributed by atoms with Crippen molar-refractivity contribution < 1.29 is 9.53 Å². The number of benzene rings is 2. The summed E-state index contributed by atoms with van der Waals surface area (Å²) >= 11 is 0. The normalized spacial score (nSPS) is 22.8. The molecule has 64 heavy (non-hydrogen) atoms. The molecule has 4 bridgehead atoms. The van der Waals surface area contributed by atoms with E-state index >= 15 is 0 Å². The van der Waals surface area contributed by atoms with E-state index in [0.29, 0.717) is 28.8 Å². The number of piperazine rings is 1. The molecular formula is C52H73N9O3. The third-order valence-electron chi connectivity index (χ3n) is 15.6. The van der Waals surface area contributed by atoms with Crippen molar-refractivity contribution in [2.45, 2.75) is 110 Å². The topological polar surface area (TPSA) is 129 Å². The van der Waals surface area contributed by atoms with Crippen LogP contribution in [0.3, 0.4) is 0 Å². The molecule has 12 heteroatoms. The number of anilines is 4. The number of aryl methyl sites for hydroxylation is 1. The fourth-order valence-corrected chi connectivity index (χ4v) is 12.1. The molecule has 2 atom stereocenters. The summed E-state index contributed by atoms with van der Waals surface area (Å²) in [5, 5.41) is 14.3. The number of amides is 1. The molecule has 12 nitrogen and oxygen atoms in total. The monoisotopic (exact) mass is 872 g/mol. The maximum absolute atomic E-state index is 13.5. The van der Waals surface area contributed by atoms with Gasteiger partial charge in [-0.2, -0.15) is 4.98 Å². The van der Waals surface area contributed by atoms with Crippen LogP contribution in [0.15, 0.2) is 59.5 Å². The summed E-state index contributed by atoms with van der Waals surface area (Å²) in [5.74, 6) is 4.78. The molecule has 6 aliphatic rings. The number of unbranched alkanes of at least 4 members (excludes halogenated alkanes) is 9. The number of aromatic nitrogens is 3. The van der Waals surface area contributed by atoms with Crippen LogP contribution in [0.4, 0.5) is 23.0 Å². The zero-order valence-electron chi connectivity index (χ0n) is 38.6. The number of pyridine rings is 1. The molecule has 4 N–H and O–H groups in total. The maximum Gasteiger partial charge on any atom is 0.257 e. The van der Waals surface area contributed by atoms with Gasteiger partial charge in [0.25, 0.3) is 5.56 Å². The Kier molecular flexibility index (Phi) is 14.4. The lowest BCUT2D eigenvalue weighted by molar-refractivity contribution is -0.124. The molecule has 344 valence electrons. The van der Waals surface area contributed by atoms with Crippen molar-refractivity contribution in [1.82, 2.24) is 30.1 Å². The van der Waals surface area contributed by atoms with Crippen molar-refractivity contribution in [2.24, 2.45) is 29.1 Å². The summed E-state index contributed by atoms with van der Waals surface area (Å²) in [5.41, 5.74) is 5.29. The SMILES string of the molecule is COc1cc(N2CCN(CCCCCCCCCCCCNC(=O)CC34CC5CC(CC3C5)C4)CC2)ccc1Nc1ncc2c(C)cc(=O)n(-c3cccc(NCC4CNC4)c3)c2n1. The van der Waals surface area contributed by atoms with Gasteiger partial charge in [-0.15, -0.1) is 0 Å². The maximum atomic E-state index is 13.5. The van der Waals surface area contributed by atoms with Crippen molar-refractivity contribution in [3.8, 4) is 11.4 Å². The zero-order chi connectivity index (χ0) is 43.9. The smallest absolute Gasteiger partial charge is 0.257 e. The summed E-state index contributed by atoms with van der Waals surface area (Å²) in [4.78, 5) is 40.9. The van der Waals surface area contributed by atoms with Crippen molar-refractivity contribution in [3.05, 3.63) is 70.6 Å². The Bertz CT molecular complexity index is 2250. The van der Waals surface area contributed by atoms with Gasteiger partial charge in [0.15, 0.2) is 5.65 Å². The van der Waals surface area contributed by atoms with Crippen molar-refractivity contribution in [3.63, 3.8) is 0 Å². The first-order valence-corrected chi connectivity index (χ1v) is 25.0. The summed E-state index contributed by atoms with van der Waals surface area (Å²) in [6, 6.07) is 15.9. The van der Waals surface area contributed by atoms with Gasteiger partial charge in [-0.3, -0.25) is 19.1 Å². The third kappa shape index (κ3) is 10.5. The van der Waals surface area contributed by atoms with Gasteiger partial charge in [-0.05, 0) is 117 Å². The Balaban J connectivity index is 0.660. The first-order valence-electron chi connectivity index (χ1n) is 25.0. The molecule has 2 aromatic carbocycles. The number of nitrogens with zero attached hydrogens (tertiary/aromatic N) is 5. The van der Waals surface area contributed by atoms with Crippen LogP contribution in [0.2, 0.25) is 0 Å². The van der Waals surface area contributed by atoms with Gasteiger partial charge in [0, 0.05) is 99.8 Å². The van der Waals surface area contributed by atoms with Crippen molar-refractivity contribution in [1.29, 1.82) is 0 Å². The van der Waals surface area contributed by atoms with Gasteiger partial charge in [0.2, 0.25) is 11.9 Å². The van der Waals surface area contributed by atoms with E-state index in [1.807, 2.05) is 37.3 Å². The summed E-state index contributed by atoms with van der Waals surface area (Å²) in [6.45, 7) is 11.0. The minimum atomic E-state index is -0.133. The number of nitrogens with one attached hydrogen (secondary N) is 4. The summed E-state index contributed by atoms with van der Waals surface area (Å²) < 4.78 is 7.55. The van der Waals surface area contributed by atoms with Gasteiger partial charge >= 0.3 is 0 Å². The van der Waals surface area contributed by atoms with Crippen LogP contribution in [0, 0.1) is 36.0 Å². The molecule has 6 fully saturated rings. The third-order valence-corrected chi connectivity index (χ3v) is 15.6. The number of carbonyl (C=O) groups excluding carboxylic acids is 1. The molecule has 0 radical (unpaired) electrons. The van der Waals surface area contributed by atoms with Crippen LogP contribution in [0.5, 0.6) is 5.75 Å². The van der Waals surface area contributed by atoms with E-state index in [1.165, 1.54) is 96.4 Å². The van der Waals surface area contributed by atoms with Crippen molar-refractivity contribution in [2.75, 3.05) is 81.5 Å². The van der Waals surface area contributed by atoms with E-state index in [0.717, 1.165) is 122 Å². The van der Waals surface area contributed by atoms with E-state index in [9.17, 15) is 9.59 Å². The first kappa shape index (κ1) is 44.5. The lowest BCUT2D eigenvalue weighted by atomic mass is 9.73. The fourth-order valence-electron chi connectivity index (χ4n) is 12.1. The van der Waals surface area contributed by atoms with Crippen LogP contribution < -0.4 is 36.5 Å². The second-order valence-corrected chi connectivity index (χ2v) is 20.2. The lowest BCUT2D eigenvalue weighted by Crippen LogP contribution is -2.46.